The van der Waals surface area contributed by atoms with E-state index in [1.807, 2.05) is 0 Å². The lowest BCUT2D eigenvalue weighted by molar-refractivity contribution is -0.119. The summed E-state index contributed by atoms with van der Waals surface area (Å²) >= 11 is 0. The molecule has 100 valence electrons. The van der Waals surface area contributed by atoms with Crippen molar-refractivity contribution in [2.45, 2.75) is 40.5 Å². The molecule has 0 aliphatic carbocycles. The van der Waals surface area contributed by atoms with Crippen molar-refractivity contribution < 1.29 is 9.53 Å². The highest BCUT2D eigenvalue weighted by Gasteiger charge is 2.12. The molecule has 1 aromatic carbocycles. The SMILES string of the molecule is COCC(C)CC(=O)Cc1c(C)cc(C)cc1C. The number of methoxy groups -OCH3 is 1. The monoisotopic (exact) mass is 248 g/mol. The summed E-state index contributed by atoms with van der Waals surface area (Å²) in [5.74, 6) is 0.600. The number of Topliss-reactive ketones (excluding diaryl/α,β-unsaturated/α-hetero) is 1. The Morgan fingerprint density at radius 3 is 2.28 bits per heavy atom. The topological polar surface area (TPSA) is 26.3 Å². The average Bonchev–Trinajstić information content (AvgIpc) is 2.23. The highest BCUT2D eigenvalue weighted by Crippen LogP contribution is 2.18. The zero-order valence-corrected chi connectivity index (χ0v) is 12.2. The quantitative estimate of drug-likeness (QED) is 0.771. The van der Waals surface area contributed by atoms with Gasteiger partial charge in [0.15, 0.2) is 0 Å². The highest BCUT2D eigenvalue weighted by molar-refractivity contribution is 5.81. The van der Waals surface area contributed by atoms with Crippen molar-refractivity contribution in [3.05, 3.63) is 34.4 Å². The lowest BCUT2D eigenvalue weighted by Gasteiger charge is -2.13. The summed E-state index contributed by atoms with van der Waals surface area (Å²) in [6.45, 7) is 8.96. The fourth-order valence-corrected chi connectivity index (χ4v) is 2.49. The molecular weight excluding hydrogens is 224 g/mol. The second-order valence-electron chi connectivity index (χ2n) is 5.36. The Morgan fingerprint density at radius 2 is 1.78 bits per heavy atom. The van der Waals surface area contributed by atoms with Gasteiger partial charge in [-0.05, 0) is 43.4 Å². The number of carbonyl (C=O) groups excluding carboxylic acids is 1. The second-order valence-corrected chi connectivity index (χ2v) is 5.36. The van der Waals surface area contributed by atoms with E-state index in [9.17, 15) is 4.79 Å². The summed E-state index contributed by atoms with van der Waals surface area (Å²) in [4.78, 5) is 12.0. The van der Waals surface area contributed by atoms with Gasteiger partial charge in [0.05, 0.1) is 0 Å². The lowest BCUT2D eigenvalue weighted by Crippen LogP contribution is -2.13. The first-order valence-corrected chi connectivity index (χ1v) is 6.51. The van der Waals surface area contributed by atoms with Crippen LogP contribution in [0.2, 0.25) is 0 Å². The first-order valence-electron chi connectivity index (χ1n) is 6.51. The Hall–Kier alpha value is -1.15. The molecule has 0 heterocycles. The van der Waals surface area contributed by atoms with E-state index >= 15 is 0 Å². The maximum atomic E-state index is 12.0. The molecule has 0 aliphatic rings. The fourth-order valence-electron chi connectivity index (χ4n) is 2.49. The summed E-state index contributed by atoms with van der Waals surface area (Å²) in [6, 6.07) is 4.29. The third-order valence-corrected chi connectivity index (χ3v) is 3.24. The van der Waals surface area contributed by atoms with Gasteiger partial charge in [-0.15, -0.1) is 0 Å². The van der Waals surface area contributed by atoms with Crippen LogP contribution in [0.25, 0.3) is 0 Å². The van der Waals surface area contributed by atoms with Gasteiger partial charge in [0.25, 0.3) is 0 Å². The number of aryl methyl sites for hydroxylation is 3. The van der Waals surface area contributed by atoms with E-state index in [0.717, 1.165) is 0 Å². The Labute approximate surface area is 110 Å². The zero-order valence-electron chi connectivity index (χ0n) is 12.2. The lowest BCUT2D eigenvalue weighted by atomic mass is 9.93. The molecule has 1 unspecified atom stereocenters. The van der Waals surface area contributed by atoms with E-state index in [0.29, 0.717) is 31.1 Å². The van der Waals surface area contributed by atoms with Crippen LogP contribution < -0.4 is 0 Å². The number of carbonyl (C=O) groups is 1. The first kappa shape index (κ1) is 14.9. The van der Waals surface area contributed by atoms with Crippen LogP contribution in [-0.4, -0.2) is 19.5 Å². The summed E-state index contributed by atoms with van der Waals surface area (Å²) in [5.41, 5.74) is 4.89. The molecule has 18 heavy (non-hydrogen) atoms. The van der Waals surface area contributed by atoms with Gasteiger partial charge in [-0.1, -0.05) is 24.6 Å². The van der Waals surface area contributed by atoms with Crippen LogP contribution in [-0.2, 0) is 16.0 Å². The predicted molar refractivity (Wildman–Crippen MR) is 75.0 cm³/mol. The Morgan fingerprint density at radius 1 is 1.22 bits per heavy atom. The smallest absolute Gasteiger partial charge is 0.137 e. The van der Waals surface area contributed by atoms with Gasteiger partial charge in [-0.3, -0.25) is 4.79 Å². The number of ketones is 1. The van der Waals surface area contributed by atoms with Gasteiger partial charge >= 0.3 is 0 Å². The van der Waals surface area contributed by atoms with Gasteiger partial charge in [0.1, 0.15) is 5.78 Å². The summed E-state index contributed by atoms with van der Waals surface area (Å²) in [6.07, 6.45) is 1.15. The molecule has 0 aromatic heterocycles. The summed E-state index contributed by atoms with van der Waals surface area (Å²) in [5, 5.41) is 0. The Balaban J connectivity index is 2.70. The Kier molecular flexibility index (Phi) is 5.54. The average molecular weight is 248 g/mol. The molecule has 2 nitrogen and oxygen atoms in total. The highest BCUT2D eigenvalue weighted by atomic mass is 16.5. The van der Waals surface area contributed by atoms with Crippen molar-refractivity contribution in [2.75, 3.05) is 13.7 Å². The van der Waals surface area contributed by atoms with Crippen LogP contribution in [0.15, 0.2) is 12.1 Å². The molecule has 1 rings (SSSR count). The third-order valence-electron chi connectivity index (χ3n) is 3.24. The zero-order chi connectivity index (χ0) is 13.7. The minimum absolute atomic E-state index is 0.300. The molecule has 0 fully saturated rings. The van der Waals surface area contributed by atoms with Gasteiger partial charge < -0.3 is 4.74 Å². The van der Waals surface area contributed by atoms with Crippen molar-refractivity contribution in [3.8, 4) is 0 Å². The molecule has 0 aliphatic heterocycles. The molecule has 1 aromatic rings. The molecule has 0 amide bonds. The van der Waals surface area contributed by atoms with Crippen LogP contribution in [0.4, 0.5) is 0 Å². The number of hydrogen-bond acceptors (Lipinski definition) is 2. The normalized spacial score (nSPS) is 12.5. The van der Waals surface area contributed by atoms with Crippen molar-refractivity contribution >= 4 is 5.78 Å². The van der Waals surface area contributed by atoms with Crippen molar-refractivity contribution in [1.82, 2.24) is 0 Å². The molecule has 1 atom stereocenters. The van der Waals surface area contributed by atoms with Crippen molar-refractivity contribution in [3.63, 3.8) is 0 Å². The second kappa shape index (κ2) is 6.69. The van der Waals surface area contributed by atoms with Gasteiger partial charge in [0.2, 0.25) is 0 Å². The van der Waals surface area contributed by atoms with E-state index in [4.69, 9.17) is 4.74 Å². The molecule has 0 N–H and O–H groups in total. The van der Waals surface area contributed by atoms with Gasteiger partial charge in [-0.2, -0.15) is 0 Å². The molecule has 0 bridgehead atoms. The van der Waals surface area contributed by atoms with Crippen LogP contribution in [0.1, 0.15) is 35.6 Å². The number of hydrogen-bond donors (Lipinski definition) is 0. The molecular formula is C16H24O2. The van der Waals surface area contributed by atoms with Crippen molar-refractivity contribution in [2.24, 2.45) is 5.92 Å². The van der Waals surface area contributed by atoms with Crippen LogP contribution in [0.3, 0.4) is 0 Å². The van der Waals surface area contributed by atoms with Crippen molar-refractivity contribution in [1.29, 1.82) is 0 Å². The van der Waals surface area contributed by atoms with Gasteiger partial charge in [-0.25, -0.2) is 0 Å². The minimum Gasteiger partial charge on any atom is -0.384 e. The third kappa shape index (κ3) is 4.26. The molecule has 2 heteroatoms. The number of ether oxygens (including phenoxy) is 1. The number of benzene rings is 1. The first-order chi connectivity index (χ1) is 8.43. The Bertz CT molecular complexity index is 398. The minimum atomic E-state index is 0.300. The maximum Gasteiger partial charge on any atom is 0.137 e. The summed E-state index contributed by atoms with van der Waals surface area (Å²) < 4.78 is 5.07. The van der Waals surface area contributed by atoms with Crippen LogP contribution >= 0.6 is 0 Å². The molecule has 0 saturated carbocycles. The standard InChI is InChI=1S/C16H24O2/c1-11-6-13(3)16(14(4)7-11)9-15(17)8-12(2)10-18-5/h6-7,12H,8-10H2,1-5H3. The largest absolute Gasteiger partial charge is 0.384 e. The summed E-state index contributed by atoms with van der Waals surface area (Å²) in [7, 11) is 1.68. The molecule has 0 radical (unpaired) electrons. The van der Waals surface area contributed by atoms with Crippen LogP contribution in [0, 0.1) is 26.7 Å². The molecule has 0 saturated heterocycles. The van der Waals surface area contributed by atoms with Crippen LogP contribution in [0.5, 0.6) is 0 Å². The van der Waals surface area contributed by atoms with E-state index < -0.39 is 0 Å². The molecule has 0 spiro atoms. The number of rotatable bonds is 6. The van der Waals surface area contributed by atoms with E-state index in [1.165, 1.54) is 22.3 Å². The van der Waals surface area contributed by atoms with E-state index in [1.54, 1.807) is 7.11 Å². The fraction of sp³-hybridized carbons (Fsp3) is 0.562. The van der Waals surface area contributed by atoms with E-state index in [-0.39, 0.29) is 0 Å². The van der Waals surface area contributed by atoms with Gasteiger partial charge in [0, 0.05) is 26.6 Å². The predicted octanol–water partition coefficient (Wildman–Crippen LogP) is 3.40. The maximum absolute atomic E-state index is 12.0. The van der Waals surface area contributed by atoms with E-state index in [2.05, 4.69) is 39.8 Å².